The van der Waals surface area contributed by atoms with Crippen molar-refractivity contribution < 1.29 is 0 Å². The molecule has 0 aromatic rings. The average molecular weight is 151 g/mol. The van der Waals surface area contributed by atoms with Crippen molar-refractivity contribution >= 4 is 0 Å². The number of rotatable bonds is 2. The quantitative estimate of drug-likeness (QED) is 0.565. The summed E-state index contributed by atoms with van der Waals surface area (Å²) in [5.74, 6) is 3.36. The molecule has 0 aromatic heterocycles. The van der Waals surface area contributed by atoms with E-state index in [9.17, 15) is 0 Å². The van der Waals surface area contributed by atoms with Gasteiger partial charge in [0.15, 0.2) is 0 Å². The fraction of sp³-hybridized carbons (Fsp3) is 0.727. The van der Waals surface area contributed by atoms with Gasteiger partial charge in [0.25, 0.3) is 0 Å². The zero-order chi connectivity index (χ0) is 8.27. The Labute approximate surface area is 70.7 Å². The van der Waals surface area contributed by atoms with Crippen molar-refractivity contribution in [3.8, 4) is 0 Å². The predicted octanol–water partition coefficient (Wildman–Crippen LogP) is 3.59. The monoisotopic (exact) mass is 151 g/mol. The maximum atomic E-state index is 3.84. The Hall–Kier alpha value is -0.260. The summed E-state index contributed by atoms with van der Waals surface area (Å²) in [7, 11) is 0. The molecule has 0 N–H and O–H groups in total. The summed E-state index contributed by atoms with van der Waals surface area (Å²) in [6.07, 6.45) is 7.47. The van der Waals surface area contributed by atoms with Gasteiger partial charge in [-0.25, -0.2) is 0 Å². The van der Waals surface area contributed by atoms with Gasteiger partial charge >= 0.3 is 0 Å². The Balaban J connectivity index is 2.39. The smallest absolute Gasteiger partial charge is 0.00273 e. The van der Waals surface area contributed by atoms with Crippen LogP contribution in [0.1, 0.15) is 39.5 Å². The molecule has 0 bridgehead atoms. The molecule has 11 heavy (non-hydrogen) atoms. The van der Waals surface area contributed by atoms with Crippen LogP contribution in [0.4, 0.5) is 0 Å². The van der Waals surface area contributed by atoms with E-state index >= 15 is 0 Å². The Morgan fingerprint density at radius 3 is 2.82 bits per heavy atom. The third-order valence-corrected chi connectivity index (χ3v) is 2.83. The summed E-state index contributed by atoms with van der Waals surface area (Å²) in [5.41, 5.74) is 0. The van der Waals surface area contributed by atoms with E-state index < -0.39 is 0 Å². The maximum absolute atomic E-state index is 3.84. The van der Waals surface area contributed by atoms with Crippen LogP contribution in [-0.4, -0.2) is 0 Å². The second-order valence-electron chi connectivity index (χ2n) is 3.96. The SMILES string of the molecule is C=C[C]1CCCC(C(C)C)C1. The molecule has 1 aliphatic carbocycles. The summed E-state index contributed by atoms with van der Waals surface area (Å²) in [5, 5.41) is 0. The van der Waals surface area contributed by atoms with Crippen molar-refractivity contribution in [2.45, 2.75) is 39.5 Å². The molecule has 0 aliphatic heterocycles. The van der Waals surface area contributed by atoms with Crippen molar-refractivity contribution in [1.82, 2.24) is 0 Å². The zero-order valence-electron chi connectivity index (χ0n) is 7.77. The Bertz CT molecular complexity index is 124. The normalized spacial score (nSPS) is 27.4. The first kappa shape index (κ1) is 8.83. The lowest BCUT2D eigenvalue weighted by molar-refractivity contribution is 0.303. The van der Waals surface area contributed by atoms with Crippen LogP contribution in [0.3, 0.4) is 0 Å². The van der Waals surface area contributed by atoms with Crippen LogP contribution >= 0.6 is 0 Å². The van der Waals surface area contributed by atoms with Gasteiger partial charge in [-0.15, -0.1) is 6.58 Å². The molecule has 0 spiro atoms. The molecular weight excluding hydrogens is 132 g/mol. The van der Waals surface area contributed by atoms with E-state index in [0.717, 1.165) is 11.8 Å². The second-order valence-corrected chi connectivity index (χ2v) is 3.96. The Kier molecular flexibility index (Phi) is 3.16. The molecule has 1 atom stereocenters. The lowest BCUT2D eigenvalue weighted by Crippen LogP contribution is -2.17. The van der Waals surface area contributed by atoms with Gasteiger partial charge in [0.2, 0.25) is 0 Å². The third kappa shape index (κ3) is 2.36. The van der Waals surface area contributed by atoms with Crippen molar-refractivity contribution in [2.24, 2.45) is 11.8 Å². The largest absolute Gasteiger partial charge is 0.102 e. The third-order valence-electron chi connectivity index (χ3n) is 2.83. The van der Waals surface area contributed by atoms with Crippen LogP contribution < -0.4 is 0 Å². The molecule has 0 amide bonds. The Morgan fingerprint density at radius 2 is 2.27 bits per heavy atom. The van der Waals surface area contributed by atoms with E-state index in [1.807, 2.05) is 0 Å². The van der Waals surface area contributed by atoms with Gasteiger partial charge in [-0.05, 0) is 30.6 Å². The standard InChI is InChI=1S/C11H19/c1-4-10-6-5-7-11(8-10)9(2)3/h4,9,11H,1,5-8H2,2-3H3. The first-order valence-electron chi connectivity index (χ1n) is 4.71. The highest BCUT2D eigenvalue weighted by molar-refractivity contribution is 5.09. The minimum atomic E-state index is 0.852. The maximum Gasteiger partial charge on any atom is -0.00273 e. The predicted molar refractivity (Wildman–Crippen MR) is 50.2 cm³/mol. The van der Waals surface area contributed by atoms with Gasteiger partial charge in [-0.3, -0.25) is 0 Å². The molecule has 63 valence electrons. The molecule has 1 saturated carbocycles. The molecule has 1 rings (SSSR count). The fourth-order valence-electron chi connectivity index (χ4n) is 1.89. The summed E-state index contributed by atoms with van der Waals surface area (Å²) in [4.78, 5) is 0. The van der Waals surface area contributed by atoms with Crippen LogP contribution in [0, 0.1) is 17.8 Å². The fourth-order valence-corrected chi connectivity index (χ4v) is 1.89. The molecular formula is C11H19. The number of hydrogen-bond donors (Lipinski definition) is 0. The van der Waals surface area contributed by atoms with Crippen molar-refractivity contribution in [2.75, 3.05) is 0 Å². The molecule has 0 nitrogen and oxygen atoms in total. The van der Waals surface area contributed by atoms with Gasteiger partial charge in [-0.1, -0.05) is 32.8 Å². The summed E-state index contributed by atoms with van der Waals surface area (Å²) in [6, 6.07) is 0. The van der Waals surface area contributed by atoms with E-state index in [2.05, 4.69) is 26.5 Å². The molecule has 0 saturated heterocycles. The number of allylic oxidation sites excluding steroid dienone is 1. The van der Waals surface area contributed by atoms with Gasteiger partial charge in [0, 0.05) is 0 Å². The van der Waals surface area contributed by atoms with Crippen molar-refractivity contribution in [3.63, 3.8) is 0 Å². The van der Waals surface area contributed by atoms with Gasteiger partial charge < -0.3 is 0 Å². The van der Waals surface area contributed by atoms with Crippen LogP contribution in [0.5, 0.6) is 0 Å². The van der Waals surface area contributed by atoms with E-state index in [4.69, 9.17) is 0 Å². The van der Waals surface area contributed by atoms with Crippen LogP contribution in [0.15, 0.2) is 12.7 Å². The van der Waals surface area contributed by atoms with E-state index in [-0.39, 0.29) is 0 Å². The zero-order valence-corrected chi connectivity index (χ0v) is 7.77. The van der Waals surface area contributed by atoms with Gasteiger partial charge in [0.05, 0.1) is 0 Å². The van der Waals surface area contributed by atoms with Crippen molar-refractivity contribution in [1.29, 1.82) is 0 Å². The molecule has 0 heteroatoms. The van der Waals surface area contributed by atoms with Crippen LogP contribution in [0.25, 0.3) is 0 Å². The molecule has 0 aromatic carbocycles. The molecule has 1 unspecified atom stereocenters. The lowest BCUT2D eigenvalue weighted by Gasteiger charge is -2.29. The molecule has 1 fully saturated rings. The highest BCUT2D eigenvalue weighted by atomic mass is 14.3. The summed E-state index contributed by atoms with van der Waals surface area (Å²) < 4.78 is 0. The van der Waals surface area contributed by atoms with Crippen LogP contribution in [0.2, 0.25) is 0 Å². The highest BCUT2D eigenvalue weighted by Gasteiger charge is 2.22. The molecule has 1 radical (unpaired) electrons. The number of hydrogen-bond acceptors (Lipinski definition) is 0. The second kappa shape index (κ2) is 3.94. The topological polar surface area (TPSA) is 0 Å². The van der Waals surface area contributed by atoms with Crippen molar-refractivity contribution in [3.05, 3.63) is 18.6 Å². The minimum Gasteiger partial charge on any atom is -0.102 e. The average Bonchev–Trinajstić information content (AvgIpc) is 2.05. The van der Waals surface area contributed by atoms with Gasteiger partial charge in [-0.2, -0.15) is 0 Å². The highest BCUT2D eigenvalue weighted by Crippen LogP contribution is 2.35. The lowest BCUT2D eigenvalue weighted by atomic mass is 9.76. The van der Waals surface area contributed by atoms with Gasteiger partial charge in [0.1, 0.15) is 0 Å². The summed E-state index contributed by atoms with van der Waals surface area (Å²) >= 11 is 0. The van der Waals surface area contributed by atoms with E-state index in [1.165, 1.54) is 25.7 Å². The Morgan fingerprint density at radius 1 is 1.55 bits per heavy atom. The van der Waals surface area contributed by atoms with E-state index in [1.54, 1.807) is 5.92 Å². The first-order valence-corrected chi connectivity index (χ1v) is 4.71. The van der Waals surface area contributed by atoms with E-state index in [0.29, 0.717) is 0 Å². The summed E-state index contributed by atoms with van der Waals surface area (Å²) in [6.45, 7) is 8.50. The molecule has 0 heterocycles. The van der Waals surface area contributed by atoms with Crippen LogP contribution in [-0.2, 0) is 0 Å². The molecule has 1 aliphatic rings. The minimum absolute atomic E-state index is 0.852. The first-order chi connectivity index (χ1) is 5.24.